The monoisotopic (exact) mass is 299 g/mol. The average Bonchev–Trinajstić information content (AvgIpc) is 3.12. The molecule has 0 aliphatic rings. The first-order chi connectivity index (χ1) is 10.6. The molecule has 0 radical (unpaired) electrons. The molecule has 1 amide bonds. The Morgan fingerprint density at radius 3 is 3.05 bits per heavy atom. The van der Waals surface area contributed by atoms with Gasteiger partial charge in [0.05, 0.1) is 12.6 Å². The summed E-state index contributed by atoms with van der Waals surface area (Å²) < 4.78 is 4.84. The molecular formula is C15H17N5O2. The van der Waals surface area contributed by atoms with Gasteiger partial charge in [-0.25, -0.2) is 0 Å². The molecule has 4 N–H and O–H groups in total. The molecule has 22 heavy (non-hydrogen) atoms. The number of carbonyl (C=O) groups excluding carboxylic acids is 1. The number of aromatic nitrogens is 3. The fourth-order valence-corrected chi connectivity index (χ4v) is 2.34. The summed E-state index contributed by atoms with van der Waals surface area (Å²) in [5.41, 5.74) is 8.04. The maximum absolute atomic E-state index is 12.1. The first-order valence-electron chi connectivity index (χ1n) is 7.01. The van der Waals surface area contributed by atoms with Crippen LogP contribution >= 0.6 is 0 Å². The zero-order valence-corrected chi connectivity index (χ0v) is 12.2. The second kappa shape index (κ2) is 5.98. The number of nitrogens with zero attached hydrogens (tertiary/aromatic N) is 2. The molecule has 0 aliphatic heterocycles. The maximum Gasteiger partial charge on any atom is 0.237 e. The number of aromatic amines is 1. The van der Waals surface area contributed by atoms with E-state index in [1.165, 1.54) is 0 Å². The largest absolute Gasteiger partial charge is 0.361 e. The fourth-order valence-electron chi connectivity index (χ4n) is 2.34. The first kappa shape index (κ1) is 14.3. The second-order valence-corrected chi connectivity index (χ2v) is 5.12. The number of hydrogen-bond acceptors (Lipinski definition) is 5. The van der Waals surface area contributed by atoms with Crippen molar-refractivity contribution in [3.63, 3.8) is 0 Å². The quantitative estimate of drug-likeness (QED) is 0.652. The third-order valence-electron chi connectivity index (χ3n) is 3.44. The zero-order valence-electron chi connectivity index (χ0n) is 12.2. The number of benzene rings is 1. The predicted octanol–water partition coefficient (Wildman–Crippen LogP) is 1.05. The Hall–Kier alpha value is -2.67. The van der Waals surface area contributed by atoms with E-state index in [2.05, 4.69) is 20.4 Å². The minimum atomic E-state index is -0.632. The van der Waals surface area contributed by atoms with E-state index in [0.717, 1.165) is 16.5 Å². The third kappa shape index (κ3) is 2.99. The van der Waals surface area contributed by atoms with Crippen molar-refractivity contribution >= 4 is 16.8 Å². The summed E-state index contributed by atoms with van der Waals surface area (Å²) in [5, 5.41) is 7.51. The molecule has 2 heterocycles. The molecule has 0 saturated carbocycles. The van der Waals surface area contributed by atoms with Crippen LogP contribution in [-0.2, 0) is 17.8 Å². The van der Waals surface area contributed by atoms with E-state index in [1.54, 1.807) is 6.92 Å². The highest BCUT2D eigenvalue weighted by atomic mass is 16.5. The van der Waals surface area contributed by atoms with Crippen molar-refractivity contribution in [3.05, 3.63) is 47.7 Å². The fraction of sp³-hybridized carbons (Fsp3) is 0.267. The van der Waals surface area contributed by atoms with Gasteiger partial charge in [-0.05, 0) is 18.1 Å². The van der Waals surface area contributed by atoms with E-state index < -0.39 is 6.04 Å². The van der Waals surface area contributed by atoms with Crippen molar-refractivity contribution in [2.24, 2.45) is 5.73 Å². The summed E-state index contributed by atoms with van der Waals surface area (Å²) >= 11 is 0. The molecule has 7 heteroatoms. The van der Waals surface area contributed by atoms with Crippen molar-refractivity contribution < 1.29 is 9.32 Å². The summed E-state index contributed by atoms with van der Waals surface area (Å²) in [6.45, 7) is 1.90. The van der Waals surface area contributed by atoms with Crippen molar-refractivity contribution in [2.75, 3.05) is 0 Å². The minimum absolute atomic E-state index is 0.206. The van der Waals surface area contributed by atoms with E-state index in [-0.39, 0.29) is 12.5 Å². The van der Waals surface area contributed by atoms with Gasteiger partial charge in [-0.15, -0.1) is 0 Å². The normalized spacial score (nSPS) is 12.5. The second-order valence-electron chi connectivity index (χ2n) is 5.12. The van der Waals surface area contributed by atoms with Gasteiger partial charge in [0, 0.05) is 24.0 Å². The predicted molar refractivity (Wildman–Crippen MR) is 80.9 cm³/mol. The van der Waals surface area contributed by atoms with Crippen molar-refractivity contribution in [1.82, 2.24) is 20.4 Å². The molecule has 114 valence electrons. The number of nitrogens with two attached hydrogens (primary N) is 1. The van der Waals surface area contributed by atoms with E-state index in [1.807, 2.05) is 30.5 Å². The molecule has 0 saturated heterocycles. The molecule has 0 unspecified atom stereocenters. The Balaban J connectivity index is 1.61. The van der Waals surface area contributed by atoms with E-state index >= 15 is 0 Å². The van der Waals surface area contributed by atoms with Crippen LogP contribution in [0.5, 0.6) is 0 Å². The van der Waals surface area contributed by atoms with E-state index in [4.69, 9.17) is 10.3 Å². The van der Waals surface area contributed by atoms with Crippen LogP contribution in [0.25, 0.3) is 10.9 Å². The highest BCUT2D eigenvalue weighted by Gasteiger charge is 2.16. The van der Waals surface area contributed by atoms with Gasteiger partial charge in [0.1, 0.15) is 0 Å². The molecule has 7 nitrogen and oxygen atoms in total. The molecule has 0 spiro atoms. The van der Waals surface area contributed by atoms with Crippen LogP contribution in [0.4, 0.5) is 0 Å². The van der Waals surface area contributed by atoms with Crippen LogP contribution in [0.1, 0.15) is 17.3 Å². The Morgan fingerprint density at radius 1 is 1.45 bits per heavy atom. The van der Waals surface area contributed by atoms with Gasteiger partial charge in [0.15, 0.2) is 5.82 Å². The highest BCUT2D eigenvalue weighted by Crippen LogP contribution is 2.18. The molecule has 0 aliphatic carbocycles. The topological polar surface area (TPSA) is 110 Å². The SMILES string of the molecule is Cc1nc(CNC(=O)[C@@H](N)Cc2c[nH]c3ccccc23)no1. The Morgan fingerprint density at radius 2 is 2.27 bits per heavy atom. The molecule has 3 rings (SSSR count). The van der Waals surface area contributed by atoms with E-state index in [9.17, 15) is 4.79 Å². The number of amides is 1. The molecule has 3 aromatic rings. The van der Waals surface area contributed by atoms with Crippen LogP contribution in [0.15, 0.2) is 35.0 Å². The average molecular weight is 299 g/mol. The molecule has 0 bridgehead atoms. The number of H-pyrrole nitrogens is 1. The Bertz CT molecular complexity index is 792. The number of fused-ring (bicyclic) bond motifs is 1. The van der Waals surface area contributed by atoms with Gasteiger partial charge in [-0.2, -0.15) is 4.98 Å². The summed E-state index contributed by atoms with van der Waals surface area (Å²) in [6, 6.07) is 7.29. The third-order valence-corrected chi connectivity index (χ3v) is 3.44. The number of carbonyl (C=O) groups is 1. The molecule has 1 atom stereocenters. The van der Waals surface area contributed by atoms with Crippen LogP contribution in [0.2, 0.25) is 0 Å². The van der Waals surface area contributed by atoms with Crippen molar-refractivity contribution in [2.45, 2.75) is 25.9 Å². The lowest BCUT2D eigenvalue weighted by atomic mass is 10.1. The van der Waals surface area contributed by atoms with Crippen LogP contribution in [0, 0.1) is 6.92 Å². The highest BCUT2D eigenvalue weighted by molar-refractivity contribution is 5.86. The lowest BCUT2D eigenvalue weighted by Crippen LogP contribution is -2.41. The van der Waals surface area contributed by atoms with Gasteiger partial charge < -0.3 is 20.6 Å². The summed E-state index contributed by atoms with van der Waals surface area (Å²) in [6.07, 6.45) is 2.35. The Kier molecular flexibility index (Phi) is 3.88. The van der Waals surface area contributed by atoms with E-state index in [0.29, 0.717) is 18.1 Å². The summed E-state index contributed by atoms with van der Waals surface area (Å²) in [4.78, 5) is 19.2. The van der Waals surface area contributed by atoms with Crippen LogP contribution < -0.4 is 11.1 Å². The number of aryl methyl sites for hydroxylation is 1. The number of rotatable bonds is 5. The maximum atomic E-state index is 12.1. The summed E-state index contributed by atoms with van der Waals surface area (Å²) in [5.74, 6) is 0.658. The van der Waals surface area contributed by atoms with Crippen LogP contribution in [0.3, 0.4) is 0 Å². The number of hydrogen-bond donors (Lipinski definition) is 3. The van der Waals surface area contributed by atoms with Gasteiger partial charge in [-0.3, -0.25) is 4.79 Å². The molecule has 1 aromatic carbocycles. The lowest BCUT2D eigenvalue weighted by molar-refractivity contribution is -0.122. The zero-order chi connectivity index (χ0) is 15.5. The molecule has 2 aromatic heterocycles. The number of nitrogens with one attached hydrogen (secondary N) is 2. The molecular weight excluding hydrogens is 282 g/mol. The van der Waals surface area contributed by atoms with Crippen molar-refractivity contribution in [1.29, 1.82) is 0 Å². The van der Waals surface area contributed by atoms with Gasteiger partial charge >= 0.3 is 0 Å². The summed E-state index contributed by atoms with van der Waals surface area (Å²) in [7, 11) is 0. The van der Waals surface area contributed by atoms with Gasteiger partial charge in [0.25, 0.3) is 0 Å². The first-order valence-corrected chi connectivity index (χ1v) is 7.01. The van der Waals surface area contributed by atoms with Gasteiger partial charge in [0.2, 0.25) is 11.8 Å². The minimum Gasteiger partial charge on any atom is -0.361 e. The van der Waals surface area contributed by atoms with Gasteiger partial charge in [-0.1, -0.05) is 23.4 Å². The molecule has 0 fully saturated rings. The Labute approximate surface area is 126 Å². The standard InChI is InChI=1S/C15H17N5O2/c1-9-19-14(20-22-9)8-18-15(21)12(16)6-10-7-17-13-5-3-2-4-11(10)13/h2-5,7,12,17H,6,8,16H2,1H3,(H,18,21)/t12-/m0/s1. The lowest BCUT2D eigenvalue weighted by Gasteiger charge is -2.10. The smallest absolute Gasteiger partial charge is 0.237 e. The van der Waals surface area contributed by atoms with Crippen molar-refractivity contribution in [3.8, 4) is 0 Å². The van der Waals surface area contributed by atoms with Crippen LogP contribution in [-0.4, -0.2) is 27.1 Å². The number of para-hydroxylation sites is 1.